The zero-order chi connectivity index (χ0) is 23.6. The van der Waals surface area contributed by atoms with Crippen molar-refractivity contribution in [2.45, 2.75) is 32.7 Å². The van der Waals surface area contributed by atoms with Crippen molar-refractivity contribution in [1.82, 2.24) is 0 Å². The molecule has 0 bridgehead atoms. The molecule has 2 aromatic rings. The lowest BCUT2D eigenvalue weighted by Gasteiger charge is -2.29. The fourth-order valence-corrected chi connectivity index (χ4v) is 4.29. The van der Waals surface area contributed by atoms with E-state index in [1.165, 1.54) is 6.07 Å². The zero-order valence-corrected chi connectivity index (χ0v) is 19.1. The largest absolute Gasteiger partial charge is 0.480 e. The predicted molar refractivity (Wildman–Crippen MR) is 127 cm³/mol. The molecule has 32 heavy (non-hydrogen) atoms. The fourth-order valence-electron chi connectivity index (χ4n) is 3.68. The molecule has 7 nitrogen and oxygen atoms in total. The molecule has 1 heterocycles. The number of carbonyl (C=O) groups is 3. The number of nitrogens with one attached hydrogen (secondary N) is 2. The summed E-state index contributed by atoms with van der Waals surface area (Å²) in [5.41, 5.74) is 8.25. The van der Waals surface area contributed by atoms with Crippen molar-refractivity contribution in [3.05, 3.63) is 57.6 Å². The van der Waals surface area contributed by atoms with E-state index in [-0.39, 0.29) is 28.8 Å². The third kappa shape index (κ3) is 5.23. The molecule has 9 heteroatoms. The SMILES string of the molecule is CC(C)CC(=O)Nc1ccc(/C(C(N)=O)=C2\CC(C(=O)O)Nc3cc(Cl)cc(Cl)c32)cc1. The van der Waals surface area contributed by atoms with Crippen LogP contribution in [0.2, 0.25) is 10.0 Å². The maximum Gasteiger partial charge on any atom is 0.326 e. The lowest BCUT2D eigenvalue weighted by atomic mass is 9.86. The lowest BCUT2D eigenvalue weighted by molar-refractivity contribution is -0.137. The average Bonchev–Trinajstić information content (AvgIpc) is 2.67. The monoisotopic (exact) mass is 475 g/mol. The first-order valence-corrected chi connectivity index (χ1v) is 10.7. The molecule has 1 aliphatic heterocycles. The Morgan fingerprint density at radius 2 is 1.84 bits per heavy atom. The number of hydrogen-bond acceptors (Lipinski definition) is 4. The minimum atomic E-state index is -1.09. The number of rotatable bonds is 6. The maximum absolute atomic E-state index is 12.5. The van der Waals surface area contributed by atoms with Gasteiger partial charge in [-0.2, -0.15) is 0 Å². The summed E-state index contributed by atoms with van der Waals surface area (Å²) in [6.45, 7) is 3.90. The van der Waals surface area contributed by atoms with Gasteiger partial charge in [0, 0.05) is 34.8 Å². The number of amides is 2. The van der Waals surface area contributed by atoms with Crippen molar-refractivity contribution in [3.8, 4) is 0 Å². The summed E-state index contributed by atoms with van der Waals surface area (Å²) < 4.78 is 0. The second-order valence-electron chi connectivity index (χ2n) is 7.99. The van der Waals surface area contributed by atoms with Gasteiger partial charge in [-0.25, -0.2) is 4.79 Å². The van der Waals surface area contributed by atoms with Gasteiger partial charge in [-0.3, -0.25) is 9.59 Å². The maximum atomic E-state index is 12.5. The highest BCUT2D eigenvalue weighted by atomic mass is 35.5. The summed E-state index contributed by atoms with van der Waals surface area (Å²) >= 11 is 12.5. The molecule has 5 N–H and O–H groups in total. The van der Waals surface area contributed by atoms with Crippen LogP contribution in [0.25, 0.3) is 11.1 Å². The summed E-state index contributed by atoms with van der Waals surface area (Å²) in [6.07, 6.45) is 0.384. The molecule has 1 aliphatic rings. The van der Waals surface area contributed by atoms with Crippen LogP contribution in [0.15, 0.2) is 36.4 Å². The number of halogens is 2. The van der Waals surface area contributed by atoms with Gasteiger partial charge in [0.15, 0.2) is 0 Å². The zero-order valence-electron chi connectivity index (χ0n) is 17.5. The molecule has 2 aromatic carbocycles. The molecule has 1 atom stereocenters. The summed E-state index contributed by atoms with van der Waals surface area (Å²) in [5, 5.41) is 15.9. The predicted octanol–water partition coefficient (Wildman–Crippen LogP) is 4.64. The summed E-state index contributed by atoms with van der Waals surface area (Å²) in [7, 11) is 0. The Balaban J connectivity index is 2.09. The summed E-state index contributed by atoms with van der Waals surface area (Å²) in [6, 6.07) is 8.73. The van der Waals surface area contributed by atoms with Crippen LogP contribution < -0.4 is 16.4 Å². The standard InChI is InChI=1S/C23H23Cl2N3O4/c1-11(2)7-19(29)27-14-5-3-12(4-6-14)20(22(26)30)15-10-18(23(31)32)28-17-9-13(24)8-16(25)21(15)17/h3-6,8-9,11,18,28H,7,10H2,1-2H3,(H2,26,30)(H,27,29)(H,31,32)/b20-15-. The van der Waals surface area contributed by atoms with Crippen LogP contribution in [-0.2, 0) is 14.4 Å². The first-order chi connectivity index (χ1) is 15.1. The Morgan fingerprint density at radius 1 is 1.19 bits per heavy atom. The molecule has 0 saturated carbocycles. The number of carboxylic acids is 1. The highest BCUT2D eigenvalue weighted by molar-refractivity contribution is 6.38. The highest BCUT2D eigenvalue weighted by Crippen LogP contribution is 2.43. The fraction of sp³-hybridized carbons (Fsp3) is 0.261. The Kier molecular flexibility index (Phi) is 7.11. The molecular weight excluding hydrogens is 453 g/mol. The molecule has 3 rings (SSSR count). The normalized spacial score (nSPS) is 16.7. The first-order valence-electron chi connectivity index (χ1n) is 9.98. The van der Waals surface area contributed by atoms with Crippen molar-refractivity contribution in [3.63, 3.8) is 0 Å². The molecule has 0 aromatic heterocycles. The second kappa shape index (κ2) is 9.63. The molecule has 0 radical (unpaired) electrons. The van der Waals surface area contributed by atoms with E-state index in [1.807, 2.05) is 13.8 Å². The van der Waals surface area contributed by atoms with Crippen LogP contribution in [0.3, 0.4) is 0 Å². The third-order valence-corrected chi connectivity index (χ3v) is 5.51. The van der Waals surface area contributed by atoms with E-state index in [2.05, 4.69) is 10.6 Å². The van der Waals surface area contributed by atoms with Gasteiger partial charge in [0.25, 0.3) is 0 Å². The van der Waals surface area contributed by atoms with Gasteiger partial charge >= 0.3 is 5.97 Å². The van der Waals surface area contributed by atoms with Crippen LogP contribution in [-0.4, -0.2) is 28.9 Å². The summed E-state index contributed by atoms with van der Waals surface area (Å²) in [4.78, 5) is 36.2. The number of aliphatic carboxylic acids is 1. The van der Waals surface area contributed by atoms with Crippen LogP contribution in [0, 0.1) is 5.92 Å². The van der Waals surface area contributed by atoms with Crippen molar-refractivity contribution in [2.75, 3.05) is 10.6 Å². The topological polar surface area (TPSA) is 122 Å². The van der Waals surface area contributed by atoms with Gasteiger partial charge in [0.2, 0.25) is 11.8 Å². The van der Waals surface area contributed by atoms with Crippen molar-refractivity contribution in [1.29, 1.82) is 0 Å². The molecule has 0 fully saturated rings. The van der Waals surface area contributed by atoms with E-state index in [4.69, 9.17) is 28.9 Å². The number of primary amides is 1. The summed E-state index contributed by atoms with van der Waals surface area (Å²) in [5.74, 6) is -1.70. The van der Waals surface area contributed by atoms with Crippen molar-refractivity contribution < 1.29 is 19.5 Å². The van der Waals surface area contributed by atoms with Crippen LogP contribution in [0.4, 0.5) is 11.4 Å². The van der Waals surface area contributed by atoms with E-state index in [9.17, 15) is 19.5 Å². The Hall–Kier alpha value is -3.03. The van der Waals surface area contributed by atoms with Crippen molar-refractivity contribution in [2.24, 2.45) is 11.7 Å². The van der Waals surface area contributed by atoms with Crippen LogP contribution in [0.1, 0.15) is 37.8 Å². The molecular formula is C23H23Cl2N3O4. The number of carboxylic acid groups (broad SMARTS) is 1. The number of fused-ring (bicyclic) bond motifs is 1. The smallest absolute Gasteiger partial charge is 0.326 e. The van der Waals surface area contributed by atoms with Crippen molar-refractivity contribution >= 4 is 63.5 Å². The third-order valence-electron chi connectivity index (χ3n) is 4.99. The Labute approximate surface area is 195 Å². The second-order valence-corrected chi connectivity index (χ2v) is 8.83. The van der Waals surface area contributed by atoms with E-state index in [0.717, 1.165) is 0 Å². The van der Waals surface area contributed by atoms with E-state index in [1.54, 1.807) is 30.3 Å². The van der Waals surface area contributed by atoms with Crippen LogP contribution in [0.5, 0.6) is 0 Å². The van der Waals surface area contributed by atoms with Gasteiger partial charge in [0.05, 0.1) is 10.6 Å². The Bertz CT molecular complexity index is 1110. The molecule has 1 unspecified atom stereocenters. The van der Waals surface area contributed by atoms with Gasteiger partial charge in [-0.15, -0.1) is 0 Å². The minimum Gasteiger partial charge on any atom is -0.480 e. The van der Waals surface area contributed by atoms with Crippen LogP contribution >= 0.6 is 23.2 Å². The van der Waals surface area contributed by atoms with Gasteiger partial charge in [-0.05, 0) is 41.3 Å². The van der Waals surface area contributed by atoms with Gasteiger partial charge < -0.3 is 21.5 Å². The Morgan fingerprint density at radius 3 is 2.41 bits per heavy atom. The highest BCUT2D eigenvalue weighted by Gasteiger charge is 2.32. The lowest BCUT2D eigenvalue weighted by Crippen LogP contribution is -2.33. The number of carbonyl (C=O) groups excluding carboxylic acids is 2. The number of hydrogen-bond donors (Lipinski definition) is 4. The molecule has 168 valence electrons. The molecule has 0 spiro atoms. The number of benzene rings is 2. The number of anilines is 2. The molecule has 2 amide bonds. The van der Waals surface area contributed by atoms with E-state index < -0.39 is 17.9 Å². The number of nitrogens with two attached hydrogens (primary N) is 1. The van der Waals surface area contributed by atoms with E-state index in [0.29, 0.717) is 39.5 Å². The first kappa shape index (κ1) is 23.6. The quantitative estimate of drug-likeness (QED) is 0.453. The van der Waals surface area contributed by atoms with Gasteiger partial charge in [-0.1, -0.05) is 49.2 Å². The van der Waals surface area contributed by atoms with Gasteiger partial charge in [0.1, 0.15) is 6.04 Å². The minimum absolute atomic E-state index is 0.00512. The average molecular weight is 476 g/mol. The molecule has 0 saturated heterocycles. The van der Waals surface area contributed by atoms with E-state index >= 15 is 0 Å². The molecule has 0 aliphatic carbocycles.